The summed E-state index contributed by atoms with van der Waals surface area (Å²) in [6.07, 6.45) is 0.397. The topological polar surface area (TPSA) is 55.6 Å². The molecule has 18 heavy (non-hydrogen) atoms. The fourth-order valence-corrected chi connectivity index (χ4v) is 2.14. The Hall–Kier alpha value is -1.71. The molecule has 98 valence electrons. The highest BCUT2D eigenvalue weighted by atomic mass is 16.5. The van der Waals surface area contributed by atoms with Crippen LogP contribution < -0.4 is 15.4 Å². The Morgan fingerprint density at radius 2 is 2.00 bits per heavy atom. The number of nitrogens with zero attached hydrogens (tertiary/aromatic N) is 1. The van der Waals surface area contributed by atoms with Crippen LogP contribution in [0.4, 0.5) is 11.4 Å². The summed E-state index contributed by atoms with van der Waals surface area (Å²) in [5.41, 5.74) is 8.33. The summed E-state index contributed by atoms with van der Waals surface area (Å²) in [5, 5.41) is 0. The number of amides is 1. The van der Waals surface area contributed by atoms with Gasteiger partial charge in [-0.15, -0.1) is 0 Å². The van der Waals surface area contributed by atoms with Crippen molar-refractivity contribution in [2.45, 2.75) is 32.6 Å². The van der Waals surface area contributed by atoms with Gasteiger partial charge in [-0.3, -0.25) is 4.79 Å². The monoisotopic (exact) mass is 248 g/mol. The van der Waals surface area contributed by atoms with Gasteiger partial charge in [0.1, 0.15) is 5.75 Å². The Morgan fingerprint density at radius 3 is 2.61 bits per heavy atom. The van der Waals surface area contributed by atoms with Gasteiger partial charge in [-0.05, 0) is 17.5 Å². The molecule has 0 spiro atoms. The predicted octanol–water partition coefficient (Wildman–Crippen LogP) is 2.31. The summed E-state index contributed by atoms with van der Waals surface area (Å²) in [7, 11) is 1.77. The smallest absolute Gasteiger partial charge is 0.230 e. The number of nitrogens with two attached hydrogens (primary N) is 1. The maximum absolute atomic E-state index is 11.9. The fraction of sp³-hybridized carbons (Fsp3) is 0.500. The van der Waals surface area contributed by atoms with Crippen LogP contribution in [0.15, 0.2) is 12.1 Å². The highest BCUT2D eigenvalue weighted by molar-refractivity contribution is 5.96. The lowest BCUT2D eigenvalue weighted by atomic mass is 9.85. The number of rotatable bonds is 0. The SMILES string of the molecule is CN1C(=O)CCOc2c1cc(N)cc2C(C)(C)C. The van der Waals surface area contributed by atoms with Crippen LogP contribution in [0.3, 0.4) is 0 Å². The van der Waals surface area contributed by atoms with E-state index in [4.69, 9.17) is 10.5 Å². The van der Waals surface area contributed by atoms with E-state index in [0.717, 1.165) is 17.0 Å². The van der Waals surface area contributed by atoms with Crippen LogP contribution in [0.25, 0.3) is 0 Å². The molecule has 0 aliphatic carbocycles. The minimum Gasteiger partial charge on any atom is -0.491 e. The second kappa shape index (κ2) is 4.19. The lowest BCUT2D eigenvalue weighted by Gasteiger charge is -2.26. The number of carbonyl (C=O) groups excluding carboxylic acids is 1. The van der Waals surface area contributed by atoms with Gasteiger partial charge in [0, 0.05) is 18.3 Å². The lowest BCUT2D eigenvalue weighted by molar-refractivity contribution is -0.118. The summed E-state index contributed by atoms with van der Waals surface area (Å²) in [6, 6.07) is 3.73. The van der Waals surface area contributed by atoms with Crippen LogP contribution in [0, 0.1) is 0 Å². The first-order chi connectivity index (χ1) is 8.30. The molecule has 0 aromatic heterocycles. The van der Waals surface area contributed by atoms with Crippen molar-refractivity contribution < 1.29 is 9.53 Å². The summed E-state index contributed by atoms with van der Waals surface area (Å²) in [4.78, 5) is 13.5. The number of hydrogen-bond donors (Lipinski definition) is 1. The summed E-state index contributed by atoms with van der Waals surface area (Å²) >= 11 is 0. The molecule has 4 heteroatoms. The Kier molecular flexibility index (Phi) is 2.97. The predicted molar refractivity (Wildman–Crippen MR) is 73.1 cm³/mol. The van der Waals surface area contributed by atoms with Crippen molar-refractivity contribution in [1.82, 2.24) is 0 Å². The Labute approximate surface area is 108 Å². The van der Waals surface area contributed by atoms with E-state index in [-0.39, 0.29) is 11.3 Å². The van der Waals surface area contributed by atoms with Gasteiger partial charge in [-0.1, -0.05) is 20.8 Å². The van der Waals surface area contributed by atoms with Crippen molar-refractivity contribution in [1.29, 1.82) is 0 Å². The second-order valence-electron chi connectivity index (χ2n) is 5.72. The molecule has 0 unspecified atom stereocenters. The van der Waals surface area contributed by atoms with E-state index in [9.17, 15) is 4.79 Å². The van der Waals surface area contributed by atoms with Crippen molar-refractivity contribution in [3.05, 3.63) is 17.7 Å². The first kappa shape index (κ1) is 12.7. The molecule has 1 heterocycles. The molecule has 1 aliphatic rings. The third kappa shape index (κ3) is 2.15. The lowest BCUT2D eigenvalue weighted by Crippen LogP contribution is -2.25. The molecule has 0 bridgehead atoms. The number of fused-ring (bicyclic) bond motifs is 1. The minimum absolute atomic E-state index is 0.0548. The Balaban J connectivity index is 2.66. The van der Waals surface area contributed by atoms with E-state index >= 15 is 0 Å². The van der Waals surface area contributed by atoms with Gasteiger partial charge in [0.25, 0.3) is 0 Å². The van der Waals surface area contributed by atoms with Gasteiger partial charge >= 0.3 is 0 Å². The first-order valence-electron chi connectivity index (χ1n) is 6.14. The van der Waals surface area contributed by atoms with Crippen molar-refractivity contribution in [2.24, 2.45) is 0 Å². The fourth-order valence-electron chi connectivity index (χ4n) is 2.14. The zero-order valence-corrected chi connectivity index (χ0v) is 11.4. The van der Waals surface area contributed by atoms with E-state index < -0.39 is 0 Å². The molecule has 2 rings (SSSR count). The third-order valence-electron chi connectivity index (χ3n) is 3.20. The number of benzene rings is 1. The van der Waals surface area contributed by atoms with Crippen molar-refractivity contribution in [2.75, 3.05) is 24.3 Å². The molecule has 0 atom stereocenters. The molecule has 0 fully saturated rings. The summed E-state index contributed by atoms with van der Waals surface area (Å²) in [6.45, 7) is 6.75. The van der Waals surface area contributed by atoms with Gasteiger partial charge in [0.05, 0.1) is 18.7 Å². The maximum atomic E-state index is 11.9. The number of hydrogen-bond acceptors (Lipinski definition) is 3. The minimum atomic E-state index is -0.0757. The molecule has 1 amide bonds. The number of ether oxygens (including phenoxy) is 1. The van der Waals surface area contributed by atoms with Gasteiger partial charge in [0.2, 0.25) is 5.91 Å². The normalized spacial score (nSPS) is 16.0. The van der Waals surface area contributed by atoms with E-state index in [1.165, 1.54) is 0 Å². The quantitative estimate of drug-likeness (QED) is 0.717. The van der Waals surface area contributed by atoms with Gasteiger partial charge < -0.3 is 15.4 Å². The Bertz CT molecular complexity index is 489. The van der Waals surface area contributed by atoms with E-state index in [1.54, 1.807) is 18.0 Å². The highest BCUT2D eigenvalue weighted by Gasteiger charge is 2.27. The van der Waals surface area contributed by atoms with Gasteiger partial charge in [0.15, 0.2) is 0 Å². The van der Waals surface area contributed by atoms with Crippen LogP contribution in [-0.2, 0) is 10.2 Å². The van der Waals surface area contributed by atoms with Crippen molar-refractivity contribution in [3.63, 3.8) is 0 Å². The van der Waals surface area contributed by atoms with E-state index in [2.05, 4.69) is 20.8 Å². The average molecular weight is 248 g/mol. The maximum Gasteiger partial charge on any atom is 0.230 e. The van der Waals surface area contributed by atoms with Crippen LogP contribution in [0.2, 0.25) is 0 Å². The largest absolute Gasteiger partial charge is 0.491 e. The molecule has 1 aromatic rings. The molecule has 0 saturated heterocycles. The van der Waals surface area contributed by atoms with Crippen molar-refractivity contribution >= 4 is 17.3 Å². The Morgan fingerprint density at radius 1 is 1.33 bits per heavy atom. The van der Waals surface area contributed by atoms with Crippen LogP contribution in [0.5, 0.6) is 5.75 Å². The first-order valence-corrected chi connectivity index (χ1v) is 6.14. The van der Waals surface area contributed by atoms with Crippen LogP contribution >= 0.6 is 0 Å². The summed E-state index contributed by atoms with van der Waals surface area (Å²) in [5.74, 6) is 0.837. The number of nitrogen functional groups attached to an aromatic ring is 1. The van der Waals surface area contributed by atoms with Crippen LogP contribution in [-0.4, -0.2) is 19.6 Å². The number of anilines is 2. The summed E-state index contributed by atoms with van der Waals surface area (Å²) < 4.78 is 5.78. The molecule has 2 N–H and O–H groups in total. The number of carbonyl (C=O) groups is 1. The average Bonchev–Trinajstić information content (AvgIpc) is 2.39. The highest BCUT2D eigenvalue weighted by Crippen LogP contribution is 2.41. The van der Waals surface area contributed by atoms with E-state index in [1.807, 2.05) is 6.07 Å². The zero-order valence-electron chi connectivity index (χ0n) is 11.4. The molecule has 4 nitrogen and oxygen atoms in total. The molecule has 0 saturated carbocycles. The second-order valence-corrected chi connectivity index (χ2v) is 5.72. The standard InChI is InChI=1S/C14H20N2O2/c1-14(2,3)10-7-9(15)8-11-13(10)18-6-5-12(17)16(11)4/h7-8H,5-6,15H2,1-4H3. The third-order valence-corrected chi connectivity index (χ3v) is 3.20. The molecular weight excluding hydrogens is 228 g/mol. The van der Waals surface area contributed by atoms with Gasteiger partial charge in [-0.2, -0.15) is 0 Å². The van der Waals surface area contributed by atoms with Crippen LogP contribution in [0.1, 0.15) is 32.8 Å². The molecular formula is C14H20N2O2. The molecule has 1 aliphatic heterocycles. The zero-order chi connectivity index (χ0) is 13.5. The molecule has 0 radical (unpaired) electrons. The van der Waals surface area contributed by atoms with E-state index in [0.29, 0.717) is 18.7 Å². The van der Waals surface area contributed by atoms with Gasteiger partial charge in [-0.25, -0.2) is 0 Å². The van der Waals surface area contributed by atoms with Crippen molar-refractivity contribution in [3.8, 4) is 5.75 Å². The molecule has 1 aromatic carbocycles.